The van der Waals surface area contributed by atoms with E-state index in [1.807, 2.05) is 6.92 Å². The Morgan fingerprint density at radius 1 is 1.67 bits per heavy atom. The third-order valence-electron chi connectivity index (χ3n) is 2.23. The van der Waals surface area contributed by atoms with Gasteiger partial charge in [0.25, 0.3) is 10.0 Å². The first-order valence-electron chi connectivity index (χ1n) is 5.35. The van der Waals surface area contributed by atoms with Crippen molar-refractivity contribution in [2.24, 2.45) is 5.73 Å². The van der Waals surface area contributed by atoms with E-state index in [1.54, 1.807) is 0 Å². The lowest BCUT2D eigenvalue weighted by Gasteiger charge is -2.16. The average Bonchev–Trinajstić information content (AvgIpc) is 2.28. The molecule has 0 bridgehead atoms. The van der Waals surface area contributed by atoms with Crippen LogP contribution in [0.1, 0.15) is 19.8 Å². The van der Waals surface area contributed by atoms with Crippen LogP contribution in [0.5, 0.6) is 0 Å². The molecule has 1 heterocycles. The summed E-state index contributed by atoms with van der Waals surface area (Å²) >= 11 is 0. The van der Waals surface area contributed by atoms with Crippen molar-refractivity contribution in [3.63, 3.8) is 0 Å². The number of sulfonamides is 1. The molecule has 1 aromatic heterocycles. The number of hydrogen-bond acceptors (Lipinski definition) is 4. The Balaban J connectivity index is 3.01. The van der Waals surface area contributed by atoms with Gasteiger partial charge in [-0.2, -0.15) is 4.72 Å². The second kappa shape index (κ2) is 5.87. The van der Waals surface area contributed by atoms with Gasteiger partial charge in [0.05, 0.1) is 6.04 Å². The van der Waals surface area contributed by atoms with Crippen molar-refractivity contribution >= 4 is 15.9 Å². The van der Waals surface area contributed by atoms with Gasteiger partial charge in [0.15, 0.2) is 5.82 Å². The summed E-state index contributed by atoms with van der Waals surface area (Å²) in [5, 5.41) is 6.60. The molecule has 0 saturated heterocycles. The molecule has 0 aromatic carbocycles. The lowest BCUT2D eigenvalue weighted by molar-refractivity contribution is 0.535. The van der Waals surface area contributed by atoms with Gasteiger partial charge < -0.3 is 5.73 Å². The largest absolute Gasteiger partial charge is 0.386 e. The van der Waals surface area contributed by atoms with Crippen molar-refractivity contribution in [3.8, 4) is 0 Å². The molecule has 8 heteroatoms. The Morgan fingerprint density at radius 3 is 2.83 bits per heavy atom. The molecule has 6 nitrogen and oxygen atoms in total. The molecule has 1 unspecified atom stereocenters. The number of rotatable bonds is 6. The Labute approximate surface area is 105 Å². The normalized spacial score (nSPS) is 13.2. The minimum Gasteiger partial charge on any atom is -0.386 e. The Kier molecular flexibility index (Phi) is 4.74. The molecule has 100 valence electrons. The summed E-state index contributed by atoms with van der Waals surface area (Å²) in [5.41, 5.74) is 5.29. The smallest absolute Gasteiger partial charge is 0.261 e. The summed E-state index contributed by atoms with van der Waals surface area (Å²) < 4.78 is 39.3. The number of nitrogens with zero attached hydrogens (tertiary/aromatic N) is 1. The van der Waals surface area contributed by atoms with Crippen LogP contribution >= 0.6 is 0 Å². The monoisotopic (exact) mass is 274 g/mol. The van der Waals surface area contributed by atoms with Crippen molar-refractivity contribution in [2.75, 3.05) is 0 Å². The van der Waals surface area contributed by atoms with E-state index in [-0.39, 0.29) is 5.84 Å². The lowest BCUT2D eigenvalue weighted by atomic mass is 10.2. The summed E-state index contributed by atoms with van der Waals surface area (Å²) in [6.45, 7) is 1.82. The molecule has 0 saturated carbocycles. The van der Waals surface area contributed by atoms with Crippen LogP contribution < -0.4 is 10.5 Å². The van der Waals surface area contributed by atoms with Crippen LogP contribution in [-0.2, 0) is 10.0 Å². The molecule has 0 aliphatic carbocycles. The van der Waals surface area contributed by atoms with Gasteiger partial charge in [-0.15, -0.1) is 0 Å². The molecule has 4 N–H and O–H groups in total. The van der Waals surface area contributed by atoms with Crippen LogP contribution in [0.15, 0.2) is 23.4 Å². The fourth-order valence-electron chi connectivity index (χ4n) is 1.38. The molecule has 0 radical (unpaired) electrons. The second-order valence-electron chi connectivity index (χ2n) is 3.71. The number of nitrogens with one attached hydrogen (secondary N) is 2. The first-order valence-corrected chi connectivity index (χ1v) is 6.83. The predicted octanol–water partition coefficient (Wildman–Crippen LogP) is 0.604. The van der Waals surface area contributed by atoms with Crippen molar-refractivity contribution < 1.29 is 12.8 Å². The summed E-state index contributed by atoms with van der Waals surface area (Å²) in [6, 6.07) is 1.45. The summed E-state index contributed by atoms with van der Waals surface area (Å²) in [4.78, 5) is 3.49. The number of aromatic nitrogens is 1. The highest BCUT2D eigenvalue weighted by Crippen LogP contribution is 2.11. The number of amidine groups is 1. The van der Waals surface area contributed by atoms with Gasteiger partial charge in [0.2, 0.25) is 5.03 Å². The van der Waals surface area contributed by atoms with Gasteiger partial charge in [0.1, 0.15) is 5.84 Å². The van der Waals surface area contributed by atoms with Crippen LogP contribution in [0, 0.1) is 11.2 Å². The first-order chi connectivity index (χ1) is 8.38. The Hall–Kier alpha value is -1.54. The van der Waals surface area contributed by atoms with Crippen LogP contribution in [-0.4, -0.2) is 25.3 Å². The van der Waals surface area contributed by atoms with Gasteiger partial charge >= 0.3 is 0 Å². The molecular formula is C10H15FN4O2S. The van der Waals surface area contributed by atoms with Crippen molar-refractivity contribution in [1.29, 1.82) is 5.41 Å². The number of pyridine rings is 1. The maximum atomic E-state index is 13.4. The fourth-order valence-corrected chi connectivity index (χ4v) is 2.63. The zero-order chi connectivity index (χ0) is 13.8. The summed E-state index contributed by atoms with van der Waals surface area (Å²) in [5.74, 6) is -1.25. The first kappa shape index (κ1) is 14.5. The number of halogens is 1. The zero-order valence-corrected chi connectivity index (χ0v) is 10.7. The topological polar surface area (TPSA) is 109 Å². The molecule has 0 aliphatic rings. The molecule has 1 aromatic rings. The minimum atomic E-state index is -4.11. The molecule has 0 amide bonds. The van der Waals surface area contributed by atoms with Crippen molar-refractivity contribution in [1.82, 2.24) is 9.71 Å². The summed E-state index contributed by atoms with van der Waals surface area (Å²) in [6.07, 6.45) is 2.18. The van der Waals surface area contributed by atoms with Crippen LogP contribution in [0.25, 0.3) is 0 Å². The van der Waals surface area contributed by atoms with E-state index in [0.29, 0.717) is 12.8 Å². The second-order valence-corrected chi connectivity index (χ2v) is 5.34. The molecule has 1 rings (SSSR count). The number of hydrogen-bond donors (Lipinski definition) is 3. The van der Waals surface area contributed by atoms with Gasteiger partial charge in [-0.05, 0) is 18.6 Å². The van der Waals surface area contributed by atoms with Crippen molar-refractivity contribution in [3.05, 3.63) is 24.1 Å². The minimum absolute atomic E-state index is 0.309. The molecule has 1 atom stereocenters. The van der Waals surface area contributed by atoms with Crippen molar-refractivity contribution in [2.45, 2.75) is 30.8 Å². The third-order valence-corrected chi connectivity index (χ3v) is 3.63. The van der Waals surface area contributed by atoms with E-state index in [1.165, 1.54) is 12.3 Å². The predicted molar refractivity (Wildman–Crippen MR) is 65.1 cm³/mol. The van der Waals surface area contributed by atoms with E-state index in [4.69, 9.17) is 11.1 Å². The van der Waals surface area contributed by atoms with Crippen LogP contribution in [0.2, 0.25) is 0 Å². The van der Waals surface area contributed by atoms with Crippen LogP contribution in [0.3, 0.4) is 0 Å². The maximum Gasteiger partial charge on any atom is 0.261 e. The van der Waals surface area contributed by atoms with E-state index < -0.39 is 26.9 Å². The molecule has 0 spiro atoms. The average molecular weight is 274 g/mol. The van der Waals surface area contributed by atoms with E-state index in [9.17, 15) is 12.8 Å². The van der Waals surface area contributed by atoms with Gasteiger partial charge in [-0.3, -0.25) is 5.41 Å². The van der Waals surface area contributed by atoms with Gasteiger partial charge in [-0.25, -0.2) is 17.8 Å². The Morgan fingerprint density at radius 2 is 2.33 bits per heavy atom. The van der Waals surface area contributed by atoms with E-state index in [0.717, 1.165) is 6.07 Å². The zero-order valence-electron chi connectivity index (χ0n) is 9.85. The molecule has 0 aliphatic heterocycles. The van der Waals surface area contributed by atoms with Gasteiger partial charge in [0, 0.05) is 6.20 Å². The number of nitrogens with two attached hydrogens (primary N) is 1. The highest BCUT2D eigenvalue weighted by atomic mass is 32.2. The SMILES string of the molecule is CCCC(NS(=O)(=O)c1ncccc1F)C(=N)N. The lowest BCUT2D eigenvalue weighted by Crippen LogP contribution is -2.44. The molecular weight excluding hydrogens is 259 g/mol. The standard InChI is InChI=1S/C10H15FN4O2S/c1-2-4-8(9(12)13)15-18(16,17)10-7(11)5-3-6-14-10/h3,5-6,8,15H,2,4H2,1H3,(H3,12,13). The maximum absolute atomic E-state index is 13.4. The summed E-state index contributed by atoms with van der Waals surface area (Å²) in [7, 11) is -4.11. The molecule has 18 heavy (non-hydrogen) atoms. The van der Waals surface area contributed by atoms with E-state index in [2.05, 4.69) is 9.71 Å². The Bertz CT molecular complexity index is 532. The highest BCUT2D eigenvalue weighted by Gasteiger charge is 2.25. The quantitative estimate of drug-likeness (QED) is 0.521. The van der Waals surface area contributed by atoms with Crippen LogP contribution in [0.4, 0.5) is 4.39 Å². The molecule has 0 fully saturated rings. The third kappa shape index (κ3) is 3.47. The van der Waals surface area contributed by atoms with E-state index >= 15 is 0 Å². The fraction of sp³-hybridized carbons (Fsp3) is 0.400. The van der Waals surface area contributed by atoms with Gasteiger partial charge in [-0.1, -0.05) is 13.3 Å². The highest BCUT2D eigenvalue weighted by molar-refractivity contribution is 7.89.